The summed E-state index contributed by atoms with van der Waals surface area (Å²) in [6.45, 7) is 9.66. The molecular weight excluding hydrogens is 534 g/mol. The van der Waals surface area contributed by atoms with Crippen LogP contribution in [0.2, 0.25) is 0 Å². The van der Waals surface area contributed by atoms with Crippen LogP contribution >= 0.6 is 0 Å². The minimum Gasteiger partial charge on any atom is -0.217 e. The molecule has 0 radical (unpaired) electrons. The maximum Gasteiger partial charge on any atom is 0.164 e. The van der Waals surface area contributed by atoms with E-state index in [1.165, 1.54) is 78.0 Å². The van der Waals surface area contributed by atoms with Crippen LogP contribution in [0.1, 0.15) is 108 Å². The zero-order valence-electron chi connectivity index (χ0n) is 26.7. The lowest BCUT2D eigenvalue weighted by Crippen LogP contribution is -2.35. The molecule has 0 amide bonds. The zero-order chi connectivity index (χ0) is 29.8. The number of nitrogens with zero attached hydrogens (tertiary/aromatic N) is 3. The summed E-state index contributed by atoms with van der Waals surface area (Å²) in [6.07, 6.45) is 11.1. The first-order chi connectivity index (χ1) is 21.2. The second kappa shape index (κ2) is 9.26. The van der Waals surface area contributed by atoms with Crippen molar-refractivity contribution in [2.24, 2.45) is 23.7 Å². The lowest BCUT2D eigenvalue weighted by molar-refractivity contribution is 0.219. The van der Waals surface area contributed by atoms with E-state index in [9.17, 15) is 0 Å². The minimum absolute atomic E-state index is 0.00156. The number of rotatable bonds is 3. The van der Waals surface area contributed by atoms with Crippen molar-refractivity contribution in [1.82, 2.24) is 15.0 Å². The van der Waals surface area contributed by atoms with Crippen LogP contribution in [-0.2, 0) is 16.2 Å². The Morgan fingerprint density at radius 2 is 1.30 bits per heavy atom. The van der Waals surface area contributed by atoms with Crippen LogP contribution in [0, 0.1) is 35.5 Å². The molecule has 3 saturated carbocycles. The standard InChI is InChI=1S/C41H43N3/c1-39(2)33-11-7-10-32(34(33)31-19-18-29-8-5-6-9-30(29)35(31)39)36-42-37(40(3)21-25-12-13-26(22-40)15-14-25)44-38(43-36)41(4)23-27-16-17-28(20-27)24-41/h5-11,18-19,25-28H,12-13,16-17,20-24H2,1-4H3/t25-,26?,27-,28?,40?,41?/m0/s1. The van der Waals surface area contributed by atoms with Crippen molar-refractivity contribution in [3.63, 3.8) is 0 Å². The van der Waals surface area contributed by atoms with Gasteiger partial charge in [-0.05, 0) is 89.8 Å². The fourth-order valence-electron chi connectivity index (χ4n) is 10.4. The van der Waals surface area contributed by atoms with Crippen LogP contribution in [0.25, 0.3) is 33.3 Å². The van der Waals surface area contributed by atoms with Gasteiger partial charge in [-0.25, -0.2) is 15.0 Å². The number of benzene rings is 3. The third-order valence-corrected chi connectivity index (χ3v) is 12.4. The van der Waals surface area contributed by atoms with E-state index < -0.39 is 0 Å². The number of hydrogen-bond acceptors (Lipinski definition) is 3. The third-order valence-electron chi connectivity index (χ3n) is 12.4. The van der Waals surface area contributed by atoms with Gasteiger partial charge in [0, 0.05) is 33.6 Å². The fourth-order valence-corrected chi connectivity index (χ4v) is 10.4. The normalized spacial score (nSPS) is 32.5. The topological polar surface area (TPSA) is 38.7 Å². The molecule has 1 heterocycles. The van der Waals surface area contributed by atoms with Crippen LogP contribution < -0.4 is 0 Å². The van der Waals surface area contributed by atoms with Crippen LogP contribution in [0.15, 0.2) is 54.6 Å². The molecular formula is C41H43N3. The van der Waals surface area contributed by atoms with Crippen LogP contribution in [0.3, 0.4) is 0 Å². The summed E-state index contributed by atoms with van der Waals surface area (Å²) in [5.74, 6) is 12.6. The van der Waals surface area contributed by atoms with Crippen LogP contribution in [0.5, 0.6) is 0 Å². The average Bonchev–Trinajstić information content (AvgIpc) is 3.34. The lowest BCUT2D eigenvalue weighted by Gasteiger charge is -2.37. The Morgan fingerprint density at radius 3 is 1.98 bits per heavy atom. The molecule has 0 spiro atoms. The summed E-state index contributed by atoms with van der Waals surface area (Å²) in [5, 5.41) is 2.65. The maximum absolute atomic E-state index is 5.51. The van der Waals surface area contributed by atoms with Crippen LogP contribution in [-0.4, -0.2) is 15.0 Å². The molecule has 4 aromatic rings. The highest BCUT2D eigenvalue weighted by Gasteiger charge is 2.46. The van der Waals surface area contributed by atoms with Gasteiger partial charge < -0.3 is 0 Å². The quantitative estimate of drug-likeness (QED) is 0.228. The molecule has 1 aromatic heterocycles. The van der Waals surface area contributed by atoms with Gasteiger partial charge in [-0.15, -0.1) is 0 Å². The molecule has 4 unspecified atom stereocenters. The molecule has 6 aliphatic carbocycles. The molecule has 3 aromatic carbocycles. The summed E-state index contributed by atoms with van der Waals surface area (Å²) in [5.41, 5.74) is 6.38. The van der Waals surface area contributed by atoms with E-state index in [0.29, 0.717) is 11.8 Å². The van der Waals surface area contributed by atoms with Gasteiger partial charge in [0.15, 0.2) is 5.82 Å². The Balaban J connectivity index is 1.26. The highest BCUT2D eigenvalue weighted by Crippen LogP contribution is 2.55. The third kappa shape index (κ3) is 3.92. The number of hydrogen-bond donors (Lipinski definition) is 0. The van der Waals surface area contributed by atoms with E-state index in [2.05, 4.69) is 94.1 Å². The van der Waals surface area contributed by atoms with Gasteiger partial charge in [0.1, 0.15) is 11.6 Å². The van der Waals surface area contributed by atoms with Gasteiger partial charge in [-0.2, -0.15) is 0 Å². The predicted octanol–water partition coefficient (Wildman–Crippen LogP) is 9.55. The van der Waals surface area contributed by atoms with Gasteiger partial charge in [0.25, 0.3) is 0 Å². The van der Waals surface area contributed by atoms with E-state index in [0.717, 1.165) is 47.7 Å². The smallest absolute Gasteiger partial charge is 0.164 e. The van der Waals surface area contributed by atoms with Gasteiger partial charge >= 0.3 is 0 Å². The van der Waals surface area contributed by atoms with Crippen molar-refractivity contribution in [1.29, 1.82) is 0 Å². The summed E-state index contributed by atoms with van der Waals surface area (Å²) in [6, 6.07) is 20.3. The first-order valence-electron chi connectivity index (χ1n) is 17.1. The molecule has 44 heavy (non-hydrogen) atoms. The van der Waals surface area contributed by atoms with Crippen molar-refractivity contribution in [2.75, 3.05) is 0 Å². The Hall–Kier alpha value is -3.51. The number of fused-ring (bicyclic) bond motifs is 10. The van der Waals surface area contributed by atoms with Gasteiger partial charge in [-0.1, -0.05) is 107 Å². The number of aromatic nitrogens is 3. The van der Waals surface area contributed by atoms with E-state index in [1.807, 2.05) is 0 Å². The van der Waals surface area contributed by atoms with E-state index in [-0.39, 0.29) is 16.2 Å². The second-order valence-corrected chi connectivity index (χ2v) is 16.1. The van der Waals surface area contributed by atoms with E-state index in [1.54, 1.807) is 0 Å². The maximum atomic E-state index is 5.51. The summed E-state index contributed by atoms with van der Waals surface area (Å²) in [7, 11) is 0. The predicted molar refractivity (Wildman–Crippen MR) is 178 cm³/mol. The fraction of sp³-hybridized carbons (Fsp3) is 0.488. The SMILES string of the molecule is CC1(c2nc(-c3cccc4c3-c3ccc5ccccc5c3C4(C)C)nc(C3(C)CC4CC[C@@H](C4)C3)n2)CC2C#C[C@H](CC2)C1. The second-order valence-electron chi connectivity index (χ2n) is 16.1. The molecule has 3 nitrogen and oxygen atoms in total. The Morgan fingerprint density at radius 1 is 0.636 bits per heavy atom. The molecule has 6 atom stereocenters. The summed E-state index contributed by atoms with van der Waals surface area (Å²) < 4.78 is 0. The van der Waals surface area contributed by atoms with E-state index in [4.69, 9.17) is 15.0 Å². The molecule has 0 saturated heterocycles. The molecule has 0 aliphatic heterocycles. The van der Waals surface area contributed by atoms with Crippen molar-refractivity contribution in [3.8, 4) is 34.4 Å². The highest BCUT2D eigenvalue weighted by molar-refractivity contribution is 6.00. The molecule has 10 rings (SSSR count). The largest absolute Gasteiger partial charge is 0.217 e. The molecule has 222 valence electrons. The van der Waals surface area contributed by atoms with Crippen molar-refractivity contribution >= 4 is 10.8 Å². The molecule has 3 fully saturated rings. The van der Waals surface area contributed by atoms with Crippen molar-refractivity contribution in [3.05, 3.63) is 77.4 Å². The lowest BCUT2D eigenvalue weighted by atomic mass is 9.69. The van der Waals surface area contributed by atoms with Crippen molar-refractivity contribution < 1.29 is 0 Å². The monoisotopic (exact) mass is 577 g/mol. The molecule has 4 bridgehead atoms. The summed E-state index contributed by atoms with van der Waals surface area (Å²) in [4.78, 5) is 16.5. The summed E-state index contributed by atoms with van der Waals surface area (Å²) >= 11 is 0. The van der Waals surface area contributed by atoms with Crippen LogP contribution in [0.4, 0.5) is 0 Å². The Labute approximate surface area is 262 Å². The van der Waals surface area contributed by atoms with Gasteiger partial charge in [0.2, 0.25) is 0 Å². The zero-order valence-corrected chi connectivity index (χ0v) is 26.7. The Kier molecular flexibility index (Phi) is 5.65. The van der Waals surface area contributed by atoms with Gasteiger partial charge in [-0.3, -0.25) is 0 Å². The molecule has 6 aliphatic rings. The minimum atomic E-state index is -0.113. The highest BCUT2D eigenvalue weighted by atomic mass is 15.1. The first-order valence-corrected chi connectivity index (χ1v) is 17.1. The first kappa shape index (κ1) is 26.9. The molecule has 0 N–H and O–H groups in total. The Bertz CT molecular complexity index is 1870. The average molecular weight is 578 g/mol. The van der Waals surface area contributed by atoms with Gasteiger partial charge in [0.05, 0.1) is 0 Å². The molecule has 3 heteroatoms. The van der Waals surface area contributed by atoms with Crippen molar-refractivity contribution in [2.45, 2.75) is 102 Å². The van der Waals surface area contributed by atoms with E-state index >= 15 is 0 Å².